The third-order valence-electron chi connectivity index (χ3n) is 6.92. The first-order valence-electron chi connectivity index (χ1n) is 14.9. The number of nitrogens with zero attached hydrogens (tertiary/aromatic N) is 5. The minimum atomic E-state index is -0.883. The van der Waals surface area contributed by atoms with Gasteiger partial charge in [-0.3, -0.25) is 14.8 Å². The van der Waals surface area contributed by atoms with Crippen molar-refractivity contribution in [2.45, 2.75) is 65.3 Å². The summed E-state index contributed by atoms with van der Waals surface area (Å²) in [5.74, 6) is -2.03. The molecule has 3 aromatic rings. The summed E-state index contributed by atoms with van der Waals surface area (Å²) in [5.41, 5.74) is -2.80. The minimum absolute atomic E-state index is 0.0745. The molecule has 1 saturated heterocycles. The van der Waals surface area contributed by atoms with Crippen LogP contribution in [-0.4, -0.2) is 87.9 Å². The quantitative estimate of drug-likeness (QED) is 0.327. The molecule has 1 aliphatic rings. The Morgan fingerprint density at radius 2 is 1.62 bits per heavy atom. The molecule has 0 spiro atoms. The Morgan fingerprint density at radius 3 is 2.21 bits per heavy atom. The summed E-state index contributed by atoms with van der Waals surface area (Å²) in [5, 5.41) is 9.39. The molecule has 3 amide bonds. The fraction of sp³-hybridized carbons (Fsp3) is 0.516. The van der Waals surface area contributed by atoms with Crippen LogP contribution in [0.2, 0.25) is 0 Å². The second-order valence-electron chi connectivity index (χ2n) is 13.4. The largest absolute Gasteiger partial charge is 0.444 e. The van der Waals surface area contributed by atoms with Crippen molar-refractivity contribution >= 4 is 45.9 Å². The van der Waals surface area contributed by atoms with Crippen LogP contribution in [0.1, 0.15) is 59.0 Å². The van der Waals surface area contributed by atoms with Crippen molar-refractivity contribution in [3.63, 3.8) is 0 Å². The number of thiazole rings is 1. The number of hydrogen-bond acceptors (Lipinski definition) is 10. The number of rotatable bonds is 6. The zero-order valence-corrected chi connectivity index (χ0v) is 28.8. The van der Waals surface area contributed by atoms with Crippen LogP contribution in [-0.2, 0) is 21.3 Å². The molecule has 1 aliphatic heterocycles. The summed E-state index contributed by atoms with van der Waals surface area (Å²) in [6, 6.07) is 3.35. The predicted molar refractivity (Wildman–Crippen MR) is 174 cm³/mol. The molecular weight excluding hydrogens is 636 g/mol. The van der Waals surface area contributed by atoms with E-state index in [9.17, 15) is 23.2 Å². The van der Waals surface area contributed by atoms with Gasteiger partial charge in [0.25, 0.3) is 5.91 Å². The fourth-order valence-electron chi connectivity index (χ4n) is 4.89. The van der Waals surface area contributed by atoms with Gasteiger partial charge in [-0.15, -0.1) is 0 Å². The molecule has 1 aromatic carbocycles. The molecular formula is C31H41F2N7O6S. The average Bonchev–Trinajstić information content (AvgIpc) is 3.45. The third kappa shape index (κ3) is 8.74. The van der Waals surface area contributed by atoms with Crippen molar-refractivity contribution in [2.24, 2.45) is 7.05 Å². The van der Waals surface area contributed by atoms with Gasteiger partial charge >= 0.3 is 12.2 Å². The van der Waals surface area contributed by atoms with Gasteiger partial charge in [-0.25, -0.2) is 23.4 Å². The van der Waals surface area contributed by atoms with Gasteiger partial charge in [0.1, 0.15) is 44.1 Å². The SMILES string of the molecule is COC1(C)CN(C(=O)OC(C)(C)C)CCN(c2c(NC(=O)c3nc(-c4c(F)cccc4F)sc3NC(=O)OC(C)(C)C)cnn2C)C1. The van der Waals surface area contributed by atoms with Crippen molar-refractivity contribution in [2.75, 3.05) is 48.8 Å². The number of nitrogens with one attached hydrogen (secondary N) is 2. The molecule has 2 aromatic heterocycles. The van der Waals surface area contributed by atoms with Crippen LogP contribution in [0.4, 0.5) is 34.9 Å². The van der Waals surface area contributed by atoms with Crippen LogP contribution in [0, 0.1) is 11.6 Å². The molecule has 0 bridgehead atoms. The highest BCUT2D eigenvalue weighted by Gasteiger charge is 2.38. The summed E-state index contributed by atoms with van der Waals surface area (Å²) >= 11 is 0.723. The topological polar surface area (TPSA) is 140 Å². The summed E-state index contributed by atoms with van der Waals surface area (Å²) in [6.07, 6.45) is 0.0890. The van der Waals surface area contributed by atoms with E-state index in [2.05, 4.69) is 20.7 Å². The Bertz CT molecular complexity index is 1630. The smallest absolute Gasteiger partial charge is 0.412 e. The number of hydrogen-bond donors (Lipinski definition) is 2. The number of carbonyl (C=O) groups excluding carboxylic acids is 3. The maximum absolute atomic E-state index is 14.7. The van der Waals surface area contributed by atoms with E-state index in [4.69, 9.17) is 14.2 Å². The Morgan fingerprint density at radius 1 is 0.979 bits per heavy atom. The maximum Gasteiger partial charge on any atom is 0.412 e. The van der Waals surface area contributed by atoms with Crippen molar-refractivity contribution in [3.05, 3.63) is 41.7 Å². The molecule has 3 heterocycles. The first kappa shape index (κ1) is 35.5. The lowest BCUT2D eigenvalue weighted by Gasteiger charge is -2.34. The number of aryl methyl sites for hydroxylation is 1. The van der Waals surface area contributed by atoms with Crippen LogP contribution in [0.15, 0.2) is 24.4 Å². The lowest BCUT2D eigenvalue weighted by molar-refractivity contribution is -0.0218. The van der Waals surface area contributed by atoms with E-state index in [0.29, 0.717) is 25.5 Å². The number of benzene rings is 1. The summed E-state index contributed by atoms with van der Waals surface area (Å²) < 4.78 is 47.8. The first-order valence-corrected chi connectivity index (χ1v) is 15.7. The number of ether oxygens (including phenoxy) is 3. The highest BCUT2D eigenvalue weighted by molar-refractivity contribution is 7.19. The lowest BCUT2D eigenvalue weighted by atomic mass is 10.1. The van der Waals surface area contributed by atoms with E-state index < -0.39 is 52.1 Å². The van der Waals surface area contributed by atoms with Crippen LogP contribution >= 0.6 is 11.3 Å². The van der Waals surface area contributed by atoms with Gasteiger partial charge in [-0.2, -0.15) is 5.10 Å². The van der Waals surface area contributed by atoms with E-state index in [-0.39, 0.29) is 27.9 Å². The van der Waals surface area contributed by atoms with Crippen LogP contribution < -0.4 is 15.5 Å². The highest BCUT2D eigenvalue weighted by atomic mass is 32.1. The van der Waals surface area contributed by atoms with E-state index >= 15 is 0 Å². The maximum atomic E-state index is 14.7. The Kier molecular flexibility index (Phi) is 10.2. The van der Waals surface area contributed by atoms with E-state index in [0.717, 1.165) is 23.5 Å². The van der Waals surface area contributed by atoms with E-state index in [1.807, 2.05) is 11.8 Å². The number of methoxy groups -OCH3 is 1. The molecule has 0 radical (unpaired) electrons. The molecule has 1 fully saturated rings. The molecule has 0 saturated carbocycles. The molecule has 16 heteroatoms. The summed E-state index contributed by atoms with van der Waals surface area (Å²) in [4.78, 5) is 47.2. The molecule has 1 unspecified atom stereocenters. The normalized spacial score (nSPS) is 17.3. The second-order valence-corrected chi connectivity index (χ2v) is 14.4. The number of amides is 3. The number of aromatic nitrogens is 3. The van der Waals surface area contributed by atoms with Crippen LogP contribution in [0.3, 0.4) is 0 Å². The fourth-order valence-corrected chi connectivity index (χ4v) is 5.89. The van der Waals surface area contributed by atoms with E-state index in [1.165, 1.54) is 12.3 Å². The minimum Gasteiger partial charge on any atom is -0.444 e. The zero-order valence-electron chi connectivity index (χ0n) is 28.0. The molecule has 4 rings (SSSR count). The Hall–Kier alpha value is -4.31. The van der Waals surface area contributed by atoms with Crippen LogP contribution in [0.25, 0.3) is 10.6 Å². The summed E-state index contributed by atoms with van der Waals surface area (Å²) in [6.45, 7) is 13.5. The van der Waals surface area contributed by atoms with Gasteiger partial charge in [0.15, 0.2) is 11.5 Å². The van der Waals surface area contributed by atoms with Gasteiger partial charge in [-0.1, -0.05) is 17.4 Å². The standard InChI is InChI=1S/C31H41F2N7O6S/c1-29(2,3)45-27(42)37-25-22(36-24(47-25)21-18(32)11-10-12-19(21)33)23(41)35-20-15-34-38(8)26(20)39-13-14-40(17-31(7,16-39)44-9)28(43)46-30(4,5)6/h10-12,15H,13-14,16-17H2,1-9H3,(H,35,41)(H,37,42). The van der Waals surface area contributed by atoms with Gasteiger partial charge in [0, 0.05) is 33.8 Å². The van der Waals surface area contributed by atoms with Gasteiger partial charge in [-0.05, 0) is 60.6 Å². The zero-order chi connectivity index (χ0) is 34.9. The van der Waals surface area contributed by atoms with Crippen LogP contribution in [0.5, 0.6) is 0 Å². The van der Waals surface area contributed by atoms with Gasteiger partial charge in [0.05, 0.1) is 18.3 Å². The molecule has 47 heavy (non-hydrogen) atoms. The monoisotopic (exact) mass is 677 g/mol. The number of anilines is 3. The third-order valence-corrected chi connectivity index (χ3v) is 7.91. The Labute approximate surface area is 276 Å². The van der Waals surface area contributed by atoms with Crippen molar-refractivity contribution in [1.82, 2.24) is 19.7 Å². The lowest BCUT2D eigenvalue weighted by Crippen LogP contribution is -2.48. The van der Waals surface area contributed by atoms with Gasteiger partial charge < -0.3 is 29.3 Å². The molecule has 2 N–H and O–H groups in total. The van der Waals surface area contributed by atoms with Crippen molar-refractivity contribution in [3.8, 4) is 10.6 Å². The van der Waals surface area contributed by atoms with Crippen molar-refractivity contribution in [1.29, 1.82) is 0 Å². The molecule has 1 atom stereocenters. The average molecular weight is 678 g/mol. The molecule has 0 aliphatic carbocycles. The van der Waals surface area contributed by atoms with E-state index in [1.54, 1.807) is 65.3 Å². The molecule has 256 valence electrons. The second kappa shape index (κ2) is 13.4. The van der Waals surface area contributed by atoms with Crippen molar-refractivity contribution < 1.29 is 37.4 Å². The summed E-state index contributed by atoms with van der Waals surface area (Å²) in [7, 11) is 3.25. The number of halogens is 2. The highest BCUT2D eigenvalue weighted by Crippen LogP contribution is 2.37. The Balaban J connectivity index is 1.66. The molecule has 13 nitrogen and oxygen atoms in total. The first-order chi connectivity index (χ1) is 21.8. The predicted octanol–water partition coefficient (Wildman–Crippen LogP) is 5.88. The number of carbonyl (C=O) groups is 3. The van der Waals surface area contributed by atoms with Gasteiger partial charge in [0.2, 0.25) is 0 Å².